The molecular formula is C8H10N4O2. The molecule has 2 heterocycles. The highest BCUT2D eigenvalue weighted by molar-refractivity contribution is 4.95. The number of nitrogens with zero attached hydrogens (tertiary/aromatic N) is 4. The summed E-state index contributed by atoms with van der Waals surface area (Å²) < 4.78 is 6.60. The van der Waals surface area contributed by atoms with Crippen molar-refractivity contribution >= 4 is 0 Å². The van der Waals surface area contributed by atoms with Crippen LogP contribution in [-0.2, 0) is 13.2 Å². The Morgan fingerprint density at radius 3 is 3.07 bits per heavy atom. The first-order valence-electron chi connectivity index (χ1n) is 4.19. The molecule has 0 aromatic carbocycles. The van der Waals surface area contributed by atoms with Gasteiger partial charge < -0.3 is 14.2 Å². The number of hydrogen-bond acceptors (Lipinski definition) is 5. The number of rotatable bonds is 3. The lowest BCUT2D eigenvalue weighted by Crippen LogP contribution is -2.05. The number of aliphatic hydroxyl groups excluding tert-OH is 1. The zero-order valence-corrected chi connectivity index (χ0v) is 7.71. The highest BCUT2D eigenvalue weighted by Gasteiger charge is 2.06. The fourth-order valence-electron chi connectivity index (χ4n) is 1.19. The average Bonchev–Trinajstić information content (AvgIpc) is 2.76. The van der Waals surface area contributed by atoms with E-state index in [0.717, 1.165) is 0 Å². The van der Waals surface area contributed by atoms with Crippen LogP contribution in [0, 0.1) is 6.92 Å². The molecule has 2 rings (SSSR count). The van der Waals surface area contributed by atoms with E-state index in [2.05, 4.69) is 15.1 Å². The number of aromatic nitrogens is 4. The summed E-state index contributed by atoms with van der Waals surface area (Å²) >= 11 is 0. The van der Waals surface area contributed by atoms with Gasteiger partial charge in [0.1, 0.15) is 12.4 Å². The molecule has 0 radical (unpaired) electrons. The van der Waals surface area contributed by atoms with Gasteiger partial charge in [0.05, 0.1) is 6.54 Å². The van der Waals surface area contributed by atoms with Gasteiger partial charge in [0.25, 0.3) is 0 Å². The van der Waals surface area contributed by atoms with Gasteiger partial charge in [-0.05, 0) is 0 Å². The summed E-state index contributed by atoms with van der Waals surface area (Å²) in [6, 6.07) is 0. The SMILES string of the molecule is Cc1nc(Cn2ccnc2CO)no1. The third-order valence-electron chi connectivity index (χ3n) is 1.82. The topological polar surface area (TPSA) is 77.0 Å². The first-order valence-corrected chi connectivity index (χ1v) is 4.19. The Bertz CT molecular complexity index is 420. The minimum atomic E-state index is -0.0934. The summed E-state index contributed by atoms with van der Waals surface area (Å²) in [7, 11) is 0. The van der Waals surface area contributed by atoms with Gasteiger partial charge >= 0.3 is 0 Å². The predicted octanol–water partition coefficient (Wildman–Crippen LogP) is 0.115. The average molecular weight is 194 g/mol. The van der Waals surface area contributed by atoms with Crippen LogP contribution in [0.5, 0.6) is 0 Å². The Kier molecular flexibility index (Phi) is 2.28. The highest BCUT2D eigenvalue weighted by atomic mass is 16.5. The first kappa shape index (κ1) is 8.89. The largest absolute Gasteiger partial charge is 0.388 e. The molecule has 0 aliphatic carbocycles. The second kappa shape index (κ2) is 3.59. The molecule has 0 amide bonds. The molecule has 0 atom stereocenters. The lowest BCUT2D eigenvalue weighted by atomic mass is 10.5. The van der Waals surface area contributed by atoms with Gasteiger partial charge in [-0.3, -0.25) is 0 Å². The summed E-state index contributed by atoms with van der Waals surface area (Å²) in [6.45, 7) is 2.11. The minimum absolute atomic E-state index is 0.0934. The van der Waals surface area contributed by atoms with Crippen LogP contribution < -0.4 is 0 Å². The molecule has 6 heteroatoms. The Balaban J connectivity index is 2.18. The van der Waals surface area contributed by atoms with Crippen LogP contribution in [0.4, 0.5) is 0 Å². The molecule has 0 bridgehead atoms. The third-order valence-corrected chi connectivity index (χ3v) is 1.82. The van der Waals surface area contributed by atoms with Crippen molar-refractivity contribution in [2.45, 2.75) is 20.1 Å². The zero-order chi connectivity index (χ0) is 9.97. The summed E-state index contributed by atoms with van der Waals surface area (Å²) in [5.41, 5.74) is 0. The maximum Gasteiger partial charge on any atom is 0.223 e. The number of hydrogen-bond donors (Lipinski definition) is 1. The van der Waals surface area contributed by atoms with Crippen LogP contribution in [-0.4, -0.2) is 24.8 Å². The molecule has 2 aromatic rings. The molecule has 74 valence electrons. The molecule has 1 N–H and O–H groups in total. The van der Waals surface area contributed by atoms with Crippen LogP contribution in [0.2, 0.25) is 0 Å². The quantitative estimate of drug-likeness (QED) is 0.750. The lowest BCUT2D eigenvalue weighted by Gasteiger charge is -2.00. The van der Waals surface area contributed by atoms with Gasteiger partial charge in [-0.2, -0.15) is 4.98 Å². The van der Waals surface area contributed by atoms with E-state index in [4.69, 9.17) is 9.63 Å². The van der Waals surface area contributed by atoms with Crippen LogP contribution >= 0.6 is 0 Å². The Morgan fingerprint density at radius 1 is 1.57 bits per heavy atom. The summed E-state index contributed by atoms with van der Waals surface area (Å²) in [4.78, 5) is 8.02. The van der Waals surface area contributed by atoms with Gasteiger partial charge in [0.15, 0.2) is 5.82 Å². The number of imidazole rings is 1. The maximum atomic E-state index is 8.94. The summed E-state index contributed by atoms with van der Waals surface area (Å²) in [5, 5.41) is 12.7. The van der Waals surface area contributed by atoms with Crippen molar-refractivity contribution in [3.05, 3.63) is 29.9 Å². The molecule has 2 aromatic heterocycles. The monoisotopic (exact) mass is 194 g/mol. The molecule has 0 aliphatic heterocycles. The molecule has 14 heavy (non-hydrogen) atoms. The van der Waals surface area contributed by atoms with E-state index in [-0.39, 0.29) is 6.61 Å². The van der Waals surface area contributed by atoms with Crippen LogP contribution in [0.3, 0.4) is 0 Å². The fraction of sp³-hybridized carbons (Fsp3) is 0.375. The lowest BCUT2D eigenvalue weighted by molar-refractivity contribution is 0.265. The van der Waals surface area contributed by atoms with Gasteiger partial charge in [0.2, 0.25) is 5.89 Å². The molecule has 6 nitrogen and oxygen atoms in total. The molecule has 0 spiro atoms. The van der Waals surface area contributed by atoms with Crippen molar-refractivity contribution in [1.29, 1.82) is 0 Å². The van der Waals surface area contributed by atoms with Gasteiger partial charge in [-0.25, -0.2) is 4.98 Å². The molecule has 0 aliphatic rings. The van der Waals surface area contributed by atoms with Gasteiger partial charge in [0, 0.05) is 19.3 Å². The molecule has 0 saturated carbocycles. The molecular weight excluding hydrogens is 184 g/mol. The van der Waals surface area contributed by atoms with E-state index in [0.29, 0.717) is 24.1 Å². The Hall–Kier alpha value is -1.69. The third kappa shape index (κ3) is 1.64. The van der Waals surface area contributed by atoms with Crippen molar-refractivity contribution in [2.75, 3.05) is 0 Å². The van der Waals surface area contributed by atoms with Crippen molar-refractivity contribution in [1.82, 2.24) is 19.7 Å². The van der Waals surface area contributed by atoms with Gasteiger partial charge in [-0.15, -0.1) is 0 Å². The van der Waals surface area contributed by atoms with E-state index < -0.39 is 0 Å². The summed E-state index contributed by atoms with van der Waals surface area (Å²) in [5.74, 6) is 1.70. The van der Waals surface area contributed by atoms with Crippen LogP contribution in [0.25, 0.3) is 0 Å². The molecule has 0 fully saturated rings. The van der Waals surface area contributed by atoms with E-state index in [1.807, 2.05) is 0 Å². The second-order valence-electron chi connectivity index (χ2n) is 2.86. The zero-order valence-electron chi connectivity index (χ0n) is 7.71. The van der Waals surface area contributed by atoms with Crippen molar-refractivity contribution < 1.29 is 9.63 Å². The van der Waals surface area contributed by atoms with E-state index in [9.17, 15) is 0 Å². The maximum absolute atomic E-state index is 8.94. The smallest absolute Gasteiger partial charge is 0.223 e. The first-order chi connectivity index (χ1) is 6.79. The minimum Gasteiger partial charge on any atom is -0.388 e. The molecule has 0 saturated heterocycles. The Morgan fingerprint density at radius 2 is 2.43 bits per heavy atom. The van der Waals surface area contributed by atoms with E-state index in [1.165, 1.54) is 0 Å². The normalized spacial score (nSPS) is 10.7. The van der Waals surface area contributed by atoms with Crippen molar-refractivity contribution in [2.24, 2.45) is 0 Å². The summed E-state index contributed by atoms with van der Waals surface area (Å²) in [6.07, 6.45) is 3.38. The highest BCUT2D eigenvalue weighted by Crippen LogP contribution is 2.02. The van der Waals surface area contributed by atoms with Crippen LogP contribution in [0.15, 0.2) is 16.9 Å². The Labute approximate surface area is 80.2 Å². The van der Waals surface area contributed by atoms with Crippen molar-refractivity contribution in [3.63, 3.8) is 0 Å². The second-order valence-corrected chi connectivity index (χ2v) is 2.86. The number of aryl methyl sites for hydroxylation is 1. The predicted molar refractivity (Wildman–Crippen MR) is 46.3 cm³/mol. The standard InChI is InChI=1S/C8H10N4O2/c1-6-10-7(11-14-6)4-12-3-2-9-8(12)5-13/h2-3,13H,4-5H2,1H3. The number of aliphatic hydroxyl groups is 1. The van der Waals surface area contributed by atoms with E-state index in [1.54, 1.807) is 23.9 Å². The van der Waals surface area contributed by atoms with Crippen molar-refractivity contribution in [3.8, 4) is 0 Å². The van der Waals surface area contributed by atoms with Gasteiger partial charge in [-0.1, -0.05) is 5.16 Å². The fourth-order valence-corrected chi connectivity index (χ4v) is 1.19. The van der Waals surface area contributed by atoms with E-state index >= 15 is 0 Å². The van der Waals surface area contributed by atoms with Crippen LogP contribution in [0.1, 0.15) is 17.5 Å². The molecule has 0 unspecified atom stereocenters.